The summed E-state index contributed by atoms with van der Waals surface area (Å²) >= 11 is 0. The third kappa shape index (κ3) is 3.75. The van der Waals surface area contributed by atoms with Gasteiger partial charge in [-0.2, -0.15) is 0 Å². The number of ether oxygens (including phenoxy) is 2. The second-order valence-corrected chi connectivity index (χ2v) is 5.12. The molecule has 22 heavy (non-hydrogen) atoms. The van der Waals surface area contributed by atoms with E-state index in [-0.39, 0.29) is 5.91 Å². The van der Waals surface area contributed by atoms with Gasteiger partial charge in [-0.25, -0.2) is 0 Å². The molecule has 0 bridgehead atoms. The third-order valence-corrected chi connectivity index (χ3v) is 3.46. The number of hydrogen-bond acceptors (Lipinski definition) is 4. The number of aryl methyl sites for hydroxylation is 1. The first-order valence-corrected chi connectivity index (χ1v) is 7.35. The Labute approximate surface area is 129 Å². The zero-order valence-corrected chi connectivity index (χ0v) is 12.2. The quantitative estimate of drug-likeness (QED) is 0.918. The minimum absolute atomic E-state index is 0.0266. The van der Waals surface area contributed by atoms with Gasteiger partial charge in [0.1, 0.15) is 13.2 Å². The summed E-state index contributed by atoms with van der Waals surface area (Å²) in [5, 5.41) is 2.90. The third-order valence-electron chi connectivity index (χ3n) is 3.46. The lowest BCUT2D eigenvalue weighted by Gasteiger charge is -2.18. The van der Waals surface area contributed by atoms with E-state index in [0.29, 0.717) is 32.6 Å². The molecule has 0 saturated heterocycles. The fourth-order valence-corrected chi connectivity index (χ4v) is 2.29. The Morgan fingerprint density at radius 3 is 2.82 bits per heavy atom. The van der Waals surface area contributed by atoms with Crippen molar-refractivity contribution in [2.45, 2.75) is 19.4 Å². The monoisotopic (exact) mass is 298 g/mol. The van der Waals surface area contributed by atoms with Crippen LogP contribution in [0.5, 0.6) is 11.5 Å². The summed E-state index contributed by atoms with van der Waals surface area (Å²) < 4.78 is 11.0. The molecule has 5 nitrogen and oxygen atoms in total. The molecule has 2 aromatic rings. The predicted octanol–water partition coefficient (Wildman–Crippen LogP) is 2.10. The first-order chi connectivity index (χ1) is 10.8. The minimum Gasteiger partial charge on any atom is -0.486 e. The number of nitrogens with one attached hydrogen (secondary N) is 1. The molecule has 5 heteroatoms. The fourth-order valence-electron chi connectivity index (χ4n) is 2.29. The number of hydrogen-bond donors (Lipinski definition) is 1. The maximum absolute atomic E-state index is 11.9. The Bertz CT molecular complexity index is 644. The van der Waals surface area contributed by atoms with Crippen LogP contribution >= 0.6 is 0 Å². The smallest absolute Gasteiger partial charge is 0.220 e. The van der Waals surface area contributed by atoms with Crippen molar-refractivity contribution < 1.29 is 14.3 Å². The highest BCUT2D eigenvalue weighted by molar-refractivity contribution is 5.76. The van der Waals surface area contributed by atoms with Crippen LogP contribution in [0.1, 0.15) is 17.5 Å². The Morgan fingerprint density at radius 1 is 1.14 bits per heavy atom. The normalized spacial score (nSPS) is 12.7. The number of carbonyl (C=O) groups excluding carboxylic acids is 1. The van der Waals surface area contributed by atoms with Gasteiger partial charge in [0.2, 0.25) is 5.91 Å². The lowest BCUT2D eigenvalue weighted by atomic mass is 10.1. The van der Waals surface area contributed by atoms with Crippen molar-refractivity contribution in [1.82, 2.24) is 10.3 Å². The summed E-state index contributed by atoms with van der Waals surface area (Å²) in [7, 11) is 0. The van der Waals surface area contributed by atoms with E-state index < -0.39 is 0 Å². The van der Waals surface area contributed by atoms with Gasteiger partial charge in [0, 0.05) is 25.4 Å². The van der Waals surface area contributed by atoms with Crippen LogP contribution in [0.4, 0.5) is 0 Å². The van der Waals surface area contributed by atoms with E-state index in [1.165, 1.54) is 0 Å². The van der Waals surface area contributed by atoms with Crippen molar-refractivity contribution >= 4 is 5.91 Å². The fraction of sp³-hybridized carbons (Fsp3) is 0.294. The number of carbonyl (C=O) groups is 1. The average molecular weight is 298 g/mol. The molecule has 114 valence electrons. The van der Waals surface area contributed by atoms with E-state index in [1.807, 2.05) is 30.3 Å². The van der Waals surface area contributed by atoms with Gasteiger partial charge in [-0.15, -0.1) is 0 Å². The molecule has 1 aliphatic rings. The summed E-state index contributed by atoms with van der Waals surface area (Å²) in [6.45, 7) is 1.67. The van der Waals surface area contributed by atoms with Crippen LogP contribution in [0.25, 0.3) is 0 Å². The topological polar surface area (TPSA) is 60.5 Å². The van der Waals surface area contributed by atoms with Crippen LogP contribution < -0.4 is 14.8 Å². The van der Waals surface area contributed by atoms with Crippen molar-refractivity contribution in [3.63, 3.8) is 0 Å². The molecule has 2 heterocycles. The van der Waals surface area contributed by atoms with Crippen molar-refractivity contribution in [3.8, 4) is 11.5 Å². The maximum atomic E-state index is 11.9. The molecule has 3 rings (SSSR count). The zero-order valence-electron chi connectivity index (χ0n) is 12.2. The number of nitrogens with zero attached hydrogens (tertiary/aromatic N) is 1. The van der Waals surface area contributed by atoms with Crippen LogP contribution in [-0.4, -0.2) is 24.1 Å². The summed E-state index contributed by atoms with van der Waals surface area (Å²) in [5.41, 5.74) is 2.07. The van der Waals surface area contributed by atoms with Crippen LogP contribution in [0.2, 0.25) is 0 Å². The largest absolute Gasteiger partial charge is 0.486 e. The van der Waals surface area contributed by atoms with Crippen LogP contribution in [0.3, 0.4) is 0 Å². The summed E-state index contributed by atoms with van der Waals surface area (Å²) in [6, 6.07) is 9.62. The highest BCUT2D eigenvalue weighted by Gasteiger charge is 2.12. The van der Waals surface area contributed by atoms with E-state index in [4.69, 9.17) is 9.47 Å². The van der Waals surface area contributed by atoms with Gasteiger partial charge in [-0.3, -0.25) is 9.78 Å². The van der Waals surface area contributed by atoms with Crippen molar-refractivity contribution in [3.05, 3.63) is 53.9 Å². The minimum atomic E-state index is 0.0266. The van der Waals surface area contributed by atoms with Gasteiger partial charge in [0.15, 0.2) is 11.5 Å². The lowest BCUT2D eigenvalue weighted by Crippen LogP contribution is -2.23. The second kappa shape index (κ2) is 6.93. The van der Waals surface area contributed by atoms with Crippen molar-refractivity contribution in [2.24, 2.45) is 0 Å². The van der Waals surface area contributed by atoms with E-state index in [2.05, 4.69) is 10.3 Å². The molecule has 0 atom stereocenters. The molecular formula is C17H18N2O3. The highest BCUT2D eigenvalue weighted by Crippen LogP contribution is 2.30. The number of benzene rings is 1. The standard InChI is InChI=1S/C17H18N2O3/c20-17(19-12-14-2-1-7-18-11-14)6-4-13-3-5-15-16(10-13)22-9-8-21-15/h1-3,5,7,10-11H,4,6,8-9,12H2,(H,19,20). The first kappa shape index (κ1) is 14.4. The average Bonchev–Trinajstić information content (AvgIpc) is 2.59. The van der Waals surface area contributed by atoms with Gasteiger partial charge in [0.25, 0.3) is 0 Å². The Hall–Kier alpha value is -2.56. The Kier molecular flexibility index (Phi) is 4.53. The predicted molar refractivity (Wildman–Crippen MR) is 81.8 cm³/mol. The molecule has 0 fully saturated rings. The molecule has 1 N–H and O–H groups in total. The summed E-state index contributed by atoms with van der Waals surface area (Å²) in [4.78, 5) is 15.9. The van der Waals surface area contributed by atoms with Gasteiger partial charge in [-0.1, -0.05) is 12.1 Å². The van der Waals surface area contributed by atoms with Gasteiger partial charge in [0.05, 0.1) is 0 Å². The lowest BCUT2D eigenvalue weighted by molar-refractivity contribution is -0.121. The van der Waals surface area contributed by atoms with Crippen LogP contribution in [-0.2, 0) is 17.8 Å². The molecule has 0 radical (unpaired) electrons. The molecule has 1 amide bonds. The summed E-state index contributed by atoms with van der Waals surface area (Å²) in [5.74, 6) is 1.56. The van der Waals surface area contributed by atoms with E-state index >= 15 is 0 Å². The number of aromatic nitrogens is 1. The number of amides is 1. The number of fused-ring (bicyclic) bond motifs is 1. The van der Waals surface area contributed by atoms with Crippen molar-refractivity contribution in [1.29, 1.82) is 0 Å². The van der Waals surface area contributed by atoms with E-state index in [0.717, 1.165) is 22.6 Å². The molecule has 1 aliphatic heterocycles. The molecule has 1 aromatic heterocycles. The van der Waals surface area contributed by atoms with E-state index in [9.17, 15) is 4.79 Å². The second-order valence-electron chi connectivity index (χ2n) is 5.12. The number of rotatable bonds is 5. The summed E-state index contributed by atoms with van der Waals surface area (Å²) in [6.07, 6.45) is 4.59. The Balaban J connectivity index is 1.48. The van der Waals surface area contributed by atoms with Gasteiger partial charge >= 0.3 is 0 Å². The molecule has 0 saturated carbocycles. The van der Waals surface area contributed by atoms with Gasteiger partial charge in [-0.05, 0) is 35.7 Å². The molecular weight excluding hydrogens is 280 g/mol. The van der Waals surface area contributed by atoms with Crippen molar-refractivity contribution in [2.75, 3.05) is 13.2 Å². The zero-order chi connectivity index (χ0) is 15.2. The maximum Gasteiger partial charge on any atom is 0.220 e. The molecule has 0 unspecified atom stereocenters. The number of pyridine rings is 1. The molecule has 0 aliphatic carbocycles. The molecule has 0 spiro atoms. The first-order valence-electron chi connectivity index (χ1n) is 7.35. The molecule has 1 aromatic carbocycles. The Morgan fingerprint density at radius 2 is 2.00 bits per heavy atom. The van der Waals surface area contributed by atoms with Crippen LogP contribution in [0.15, 0.2) is 42.7 Å². The highest BCUT2D eigenvalue weighted by atomic mass is 16.6. The van der Waals surface area contributed by atoms with E-state index in [1.54, 1.807) is 12.4 Å². The SMILES string of the molecule is O=C(CCc1ccc2c(c1)OCCO2)NCc1cccnc1. The van der Waals surface area contributed by atoms with Crippen LogP contribution in [0, 0.1) is 0 Å². The van der Waals surface area contributed by atoms with Gasteiger partial charge < -0.3 is 14.8 Å².